The molecule has 0 aliphatic heterocycles. The van der Waals surface area contributed by atoms with Crippen LogP contribution < -0.4 is 0 Å². The Morgan fingerprint density at radius 1 is 1.36 bits per heavy atom. The maximum Gasteiger partial charge on any atom is 0.235 e. The quantitative estimate of drug-likeness (QED) is 0.442. The number of aliphatic imine (C=N–C) groups is 1. The van der Waals surface area contributed by atoms with Crippen LogP contribution in [0.5, 0.6) is 0 Å². The largest absolute Gasteiger partial charge is 0.235 e. The van der Waals surface area contributed by atoms with E-state index in [4.69, 9.17) is 0 Å². The zero-order chi connectivity index (χ0) is 8.10. The van der Waals surface area contributed by atoms with Gasteiger partial charge in [0.25, 0.3) is 0 Å². The van der Waals surface area contributed by atoms with Gasteiger partial charge in [0.1, 0.15) is 0 Å². The molecule has 0 radical (unpaired) electrons. The summed E-state index contributed by atoms with van der Waals surface area (Å²) in [6, 6.07) is 0.287. The van der Waals surface area contributed by atoms with Crippen molar-refractivity contribution in [2.75, 3.05) is 0 Å². The maximum absolute atomic E-state index is 9.93. The second kappa shape index (κ2) is 4.30. The molecule has 0 heterocycles. The molecule has 0 N–H and O–H groups in total. The molecule has 1 saturated carbocycles. The zero-order valence-corrected chi connectivity index (χ0v) is 7.05. The molecule has 1 aliphatic carbocycles. The van der Waals surface area contributed by atoms with Crippen molar-refractivity contribution >= 4 is 6.08 Å². The molecule has 2 heteroatoms. The molecule has 0 aromatic heterocycles. The number of rotatable bonds is 2. The summed E-state index contributed by atoms with van der Waals surface area (Å²) in [5.74, 6) is 0.883. The molecule has 0 spiro atoms. The summed E-state index contributed by atoms with van der Waals surface area (Å²) in [7, 11) is 0. The summed E-state index contributed by atoms with van der Waals surface area (Å²) in [4.78, 5) is 13.7. The first-order valence-corrected chi connectivity index (χ1v) is 4.43. The van der Waals surface area contributed by atoms with E-state index in [1.165, 1.54) is 19.3 Å². The van der Waals surface area contributed by atoms with Crippen molar-refractivity contribution < 1.29 is 4.79 Å². The highest BCUT2D eigenvalue weighted by molar-refractivity contribution is 5.33. The molecule has 0 amide bonds. The number of hydrogen-bond acceptors (Lipinski definition) is 2. The van der Waals surface area contributed by atoms with E-state index in [1.807, 2.05) is 0 Å². The number of carbonyl (C=O) groups excluding carboxylic acids is 1. The van der Waals surface area contributed by atoms with Gasteiger partial charge in [-0.25, -0.2) is 9.79 Å². The zero-order valence-electron chi connectivity index (χ0n) is 7.05. The summed E-state index contributed by atoms with van der Waals surface area (Å²) in [6.45, 7) is 2.23. The van der Waals surface area contributed by atoms with Crippen LogP contribution in [0, 0.1) is 5.92 Å². The van der Waals surface area contributed by atoms with E-state index >= 15 is 0 Å². The van der Waals surface area contributed by atoms with Gasteiger partial charge in [-0.15, -0.1) is 0 Å². The molecule has 0 bridgehead atoms. The second-order valence-corrected chi connectivity index (χ2v) is 3.30. The predicted molar refractivity (Wildman–Crippen MR) is 44.2 cm³/mol. The van der Waals surface area contributed by atoms with Gasteiger partial charge in [0.05, 0.1) is 6.04 Å². The van der Waals surface area contributed by atoms with Crippen molar-refractivity contribution in [3.8, 4) is 0 Å². The third kappa shape index (κ3) is 2.47. The van der Waals surface area contributed by atoms with E-state index in [2.05, 4.69) is 11.9 Å². The minimum Gasteiger partial charge on any atom is -0.211 e. The van der Waals surface area contributed by atoms with Crippen LogP contribution in [0.4, 0.5) is 0 Å². The Morgan fingerprint density at radius 2 is 2.00 bits per heavy atom. The molecule has 0 aromatic carbocycles. The lowest BCUT2D eigenvalue weighted by Gasteiger charge is -2.23. The molecule has 11 heavy (non-hydrogen) atoms. The SMILES string of the molecule is CCC1CCC(N=C=O)CC1. The molecular weight excluding hydrogens is 138 g/mol. The summed E-state index contributed by atoms with van der Waals surface area (Å²) in [5.41, 5.74) is 0. The van der Waals surface area contributed by atoms with Crippen molar-refractivity contribution in [1.82, 2.24) is 0 Å². The average molecular weight is 153 g/mol. The Bertz CT molecular complexity index is 153. The van der Waals surface area contributed by atoms with Gasteiger partial charge in [-0.1, -0.05) is 13.3 Å². The normalized spacial score (nSPS) is 31.0. The van der Waals surface area contributed by atoms with E-state index in [0.717, 1.165) is 18.8 Å². The lowest BCUT2D eigenvalue weighted by molar-refractivity contribution is 0.320. The van der Waals surface area contributed by atoms with Gasteiger partial charge in [-0.3, -0.25) is 0 Å². The van der Waals surface area contributed by atoms with Gasteiger partial charge in [0.2, 0.25) is 6.08 Å². The van der Waals surface area contributed by atoms with Gasteiger partial charge in [0, 0.05) is 0 Å². The molecule has 62 valence electrons. The van der Waals surface area contributed by atoms with Crippen molar-refractivity contribution in [3.05, 3.63) is 0 Å². The Labute approximate surface area is 67.7 Å². The fourth-order valence-electron chi connectivity index (χ4n) is 1.76. The molecule has 2 nitrogen and oxygen atoms in total. The highest BCUT2D eigenvalue weighted by atomic mass is 16.1. The third-order valence-corrected chi connectivity index (χ3v) is 2.63. The average Bonchev–Trinajstić information content (AvgIpc) is 2.07. The Balaban J connectivity index is 2.29. The number of isocyanates is 1. The van der Waals surface area contributed by atoms with Crippen LogP contribution >= 0.6 is 0 Å². The molecule has 1 aliphatic rings. The van der Waals surface area contributed by atoms with Gasteiger partial charge in [-0.05, 0) is 31.6 Å². The lowest BCUT2D eigenvalue weighted by atomic mass is 9.85. The fourth-order valence-corrected chi connectivity index (χ4v) is 1.76. The highest BCUT2D eigenvalue weighted by Crippen LogP contribution is 2.27. The van der Waals surface area contributed by atoms with Gasteiger partial charge in [0.15, 0.2) is 0 Å². The van der Waals surface area contributed by atoms with Crippen LogP contribution in [0.3, 0.4) is 0 Å². The highest BCUT2D eigenvalue weighted by Gasteiger charge is 2.18. The summed E-state index contributed by atoms with van der Waals surface area (Å²) in [5, 5.41) is 0. The Morgan fingerprint density at radius 3 is 2.45 bits per heavy atom. The maximum atomic E-state index is 9.93. The summed E-state index contributed by atoms with van der Waals surface area (Å²) >= 11 is 0. The number of nitrogens with zero attached hydrogens (tertiary/aromatic N) is 1. The first-order valence-electron chi connectivity index (χ1n) is 4.43. The van der Waals surface area contributed by atoms with E-state index in [1.54, 1.807) is 6.08 Å². The van der Waals surface area contributed by atoms with Crippen molar-refractivity contribution in [1.29, 1.82) is 0 Å². The minimum atomic E-state index is 0.287. The van der Waals surface area contributed by atoms with Crippen molar-refractivity contribution in [3.63, 3.8) is 0 Å². The van der Waals surface area contributed by atoms with Crippen molar-refractivity contribution in [2.24, 2.45) is 10.9 Å². The Kier molecular flexibility index (Phi) is 3.31. The molecule has 0 unspecified atom stereocenters. The van der Waals surface area contributed by atoms with Gasteiger partial charge < -0.3 is 0 Å². The van der Waals surface area contributed by atoms with E-state index < -0.39 is 0 Å². The summed E-state index contributed by atoms with van der Waals surface area (Å²) in [6.07, 6.45) is 7.59. The van der Waals surface area contributed by atoms with E-state index in [9.17, 15) is 4.79 Å². The molecule has 0 atom stereocenters. The molecule has 1 rings (SSSR count). The Hall–Kier alpha value is -0.620. The molecular formula is C9H15NO. The fraction of sp³-hybridized carbons (Fsp3) is 0.889. The van der Waals surface area contributed by atoms with Crippen LogP contribution in [0.15, 0.2) is 4.99 Å². The van der Waals surface area contributed by atoms with Crippen LogP contribution in [0.25, 0.3) is 0 Å². The number of hydrogen-bond donors (Lipinski definition) is 0. The smallest absolute Gasteiger partial charge is 0.211 e. The van der Waals surface area contributed by atoms with Gasteiger partial charge >= 0.3 is 0 Å². The van der Waals surface area contributed by atoms with Crippen LogP contribution in [0.1, 0.15) is 39.0 Å². The van der Waals surface area contributed by atoms with Crippen LogP contribution in [-0.4, -0.2) is 12.1 Å². The summed E-state index contributed by atoms with van der Waals surface area (Å²) < 4.78 is 0. The standard InChI is InChI=1S/C9H15NO/c1-2-8-3-5-9(6-4-8)10-7-11/h8-9H,2-6H2,1H3. The molecule has 1 fully saturated rings. The lowest BCUT2D eigenvalue weighted by Crippen LogP contribution is -2.16. The van der Waals surface area contributed by atoms with Gasteiger partial charge in [-0.2, -0.15) is 0 Å². The van der Waals surface area contributed by atoms with E-state index in [0.29, 0.717) is 0 Å². The first kappa shape index (κ1) is 8.48. The van der Waals surface area contributed by atoms with Crippen LogP contribution in [0.2, 0.25) is 0 Å². The van der Waals surface area contributed by atoms with E-state index in [-0.39, 0.29) is 6.04 Å². The van der Waals surface area contributed by atoms with Crippen molar-refractivity contribution in [2.45, 2.75) is 45.1 Å². The monoisotopic (exact) mass is 153 g/mol. The molecule has 0 saturated heterocycles. The first-order chi connectivity index (χ1) is 5.36. The topological polar surface area (TPSA) is 29.4 Å². The second-order valence-electron chi connectivity index (χ2n) is 3.30. The predicted octanol–water partition coefficient (Wildman–Crippen LogP) is 2.29. The van der Waals surface area contributed by atoms with Crippen LogP contribution in [-0.2, 0) is 4.79 Å². The molecule has 0 aromatic rings. The minimum absolute atomic E-state index is 0.287. The third-order valence-electron chi connectivity index (χ3n) is 2.63.